The summed E-state index contributed by atoms with van der Waals surface area (Å²) in [5, 5.41) is 18.7. The second kappa shape index (κ2) is 5.05. The number of nitrogens with two attached hydrogens (primary N) is 1. The number of carbonyl (C=O) groups is 2. The maximum atomic E-state index is 12.3. The van der Waals surface area contributed by atoms with E-state index in [1.54, 1.807) is 20.8 Å². The Morgan fingerprint density at radius 1 is 1.38 bits per heavy atom. The zero-order chi connectivity index (χ0) is 15.9. The fourth-order valence-electron chi connectivity index (χ4n) is 2.18. The molecule has 1 aromatic rings. The van der Waals surface area contributed by atoms with Gasteiger partial charge >= 0.3 is 13.2 Å². The summed E-state index contributed by atoms with van der Waals surface area (Å²) in [6.07, 6.45) is -0.790. The summed E-state index contributed by atoms with van der Waals surface area (Å²) < 4.78 is 5.16. The van der Waals surface area contributed by atoms with Crippen molar-refractivity contribution in [3.63, 3.8) is 0 Å². The van der Waals surface area contributed by atoms with Crippen molar-refractivity contribution in [1.82, 2.24) is 4.90 Å². The Bertz CT molecular complexity index is 609. The van der Waals surface area contributed by atoms with Gasteiger partial charge in [-0.1, -0.05) is 6.07 Å². The minimum absolute atomic E-state index is 0.0962. The maximum absolute atomic E-state index is 12.3. The number of nitrogen functional groups attached to an aromatic ring is 1. The highest BCUT2D eigenvalue weighted by atomic mass is 16.6. The number of carbonyl (C=O) groups excluding carboxylic acids is 2. The Hall–Kier alpha value is -2.06. The predicted molar refractivity (Wildman–Crippen MR) is 76.8 cm³/mol. The van der Waals surface area contributed by atoms with Crippen LogP contribution in [0.15, 0.2) is 12.1 Å². The molecule has 0 radical (unpaired) electrons. The summed E-state index contributed by atoms with van der Waals surface area (Å²) in [5.74, 6) is -0.598. The highest BCUT2D eigenvalue weighted by Crippen LogP contribution is 2.28. The highest BCUT2D eigenvalue weighted by Gasteiger charge is 2.39. The Balaban J connectivity index is 2.38. The van der Waals surface area contributed by atoms with Crippen LogP contribution in [-0.4, -0.2) is 39.7 Å². The van der Waals surface area contributed by atoms with Crippen molar-refractivity contribution in [1.29, 1.82) is 0 Å². The minimum Gasteiger partial charge on any atom is -0.443 e. The summed E-state index contributed by atoms with van der Waals surface area (Å²) >= 11 is 0. The van der Waals surface area contributed by atoms with Gasteiger partial charge in [-0.05, 0) is 37.9 Å². The van der Waals surface area contributed by atoms with E-state index in [0.29, 0.717) is 5.56 Å². The molecule has 0 unspecified atom stereocenters. The maximum Gasteiger partial charge on any atom is 0.488 e. The molecular weight excluding hydrogens is 275 g/mol. The van der Waals surface area contributed by atoms with Gasteiger partial charge in [0.1, 0.15) is 5.60 Å². The predicted octanol–water partition coefficient (Wildman–Crippen LogP) is -0.161. The highest BCUT2D eigenvalue weighted by molar-refractivity contribution is 6.59. The van der Waals surface area contributed by atoms with Crippen LogP contribution in [-0.2, 0) is 11.3 Å². The number of rotatable bonds is 1. The van der Waals surface area contributed by atoms with Gasteiger partial charge in [0.05, 0.1) is 12.1 Å². The van der Waals surface area contributed by atoms with Crippen LogP contribution >= 0.6 is 0 Å². The fraction of sp³-hybridized carbons (Fsp3) is 0.385. The second-order valence-corrected chi connectivity index (χ2v) is 5.84. The van der Waals surface area contributed by atoms with E-state index >= 15 is 0 Å². The molecule has 0 fully saturated rings. The smallest absolute Gasteiger partial charge is 0.443 e. The molecule has 2 rings (SSSR count). The Kier molecular flexibility index (Phi) is 3.69. The van der Waals surface area contributed by atoms with E-state index in [9.17, 15) is 19.6 Å². The van der Waals surface area contributed by atoms with E-state index < -0.39 is 24.7 Å². The first-order valence-corrected chi connectivity index (χ1v) is 6.44. The van der Waals surface area contributed by atoms with Crippen LogP contribution in [0.25, 0.3) is 0 Å². The van der Waals surface area contributed by atoms with E-state index in [2.05, 4.69) is 0 Å². The van der Waals surface area contributed by atoms with Gasteiger partial charge in [-0.3, -0.25) is 4.79 Å². The average Bonchev–Trinajstić information content (AvgIpc) is 2.66. The number of anilines is 1. The van der Waals surface area contributed by atoms with E-state index in [-0.39, 0.29) is 23.3 Å². The zero-order valence-corrected chi connectivity index (χ0v) is 12.1. The molecule has 0 bridgehead atoms. The third-order valence-electron chi connectivity index (χ3n) is 3.05. The lowest BCUT2D eigenvalue weighted by Crippen LogP contribution is -2.37. The topological polar surface area (TPSA) is 113 Å². The molecule has 1 aliphatic heterocycles. The van der Waals surface area contributed by atoms with Crippen LogP contribution in [0.4, 0.5) is 10.5 Å². The third-order valence-corrected chi connectivity index (χ3v) is 3.05. The Morgan fingerprint density at radius 2 is 2.00 bits per heavy atom. The van der Waals surface area contributed by atoms with Gasteiger partial charge in [0.2, 0.25) is 0 Å². The van der Waals surface area contributed by atoms with Crippen molar-refractivity contribution < 1.29 is 24.4 Å². The molecule has 1 heterocycles. The molecule has 0 atom stereocenters. The van der Waals surface area contributed by atoms with Crippen LogP contribution in [0.5, 0.6) is 0 Å². The molecule has 7 nitrogen and oxygen atoms in total. The molecule has 0 aromatic heterocycles. The van der Waals surface area contributed by atoms with Crippen LogP contribution in [0, 0.1) is 0 Å². The van der Waals surface area contributed by atoms with Crippen LogP contribution in [0.2, 0.25) is 0 Å². The Labute approximate surface area is 122 Å². The average molecular weight is 292 g/mol. The van der Waals surface area contributed by atoms with Gasteiger partial charge in [-0.15, -0.1) is 0 Å². The van der Waals surface area contributed by atoms with Crippen molar-refractivity contribution in [2.75, 3.05) is 5.73 Å². The van der Waals surface area contributed by atoms with E-state index in [1.165, 1.54) is 12.1 Å². The minimum atomic E-state index is -1.74. The SMILES string of the molecule is CC(C)(C)OC(=O)N1Cc2c(B(O)O)ccc(N)c2C1=O. The van der Waals surface area contributed by atoms with Gasteiger partial charge in [0, 0.05) is 5.69 Å². The largest absolute Gasteiger partial charge is 0.488 e. The van der Waals surface area contributed by atoms with Crippen molar-refractivity contribution in [3.05, 3.63) is 23.3 Å². The number of nitrogens with zero attached hydrogens (tertiary/aromatic N) is 1. The molecule has 1 aromatic carbocycles. The van der Waals surface area contributed by atoms with Crippen LogP contribution in [0.1, 0.15) is 36.7 Å². The van der Waals surface area contributed by atoms with Gasteiger partial charge < -0.3 is 20.5 Å². The molecule has 2 amide bonds. The standard InChI is InChI=1S/C13H17BN2O5/c1-13(2,3)21-12(18)16-6-7-8(14(19)20)4-5-9(15)10(7)11(16)17/h4-5,19-20H,6,15H2,1-3H3. The summed E-state index contributed by atoms with van der Waals surface area (Å²) in [4.78, 5) is 25.3. The van der Waals surface area contributed by atoms with Gasteiger partial charge in [-0.2, -0.15) is 0 Å². The number of amides is 2. The van der Waals surface area contributed by atoms with E-state index in [1.807, 2.05) is 0 Å². The van der Waals surface area contributed by atoms with Crippen molar-refractivity contribution in [3.8, 4) is 0 Å². The zero-order valence-electron chi connectivity index (χ0n) is 12.1. The molecule has 0 saturated heterocycles. The van der Waals surface area contributed by atoms with Gasteiger partial charge in [-0.25, -0.2) is 9.69 Å². The Morgan fingerprint density at radius 3 is 2.52 bits per heavy atom. The fourth-order valence-corrected chi connectivity index (χ4v) is 2.18. The number of ether oxygens (including phenoxy) is 1. The lowest BCUT2D eigenvalue weighted by Gasteiger charge is -2.23. The van der Waals surface area contributed by atoms with Crippen molar-refractivity contribution >= 4 is 30.3 Å². The lowest BCUT2D eigenvalue weighted by molar-refractivity contribution is 0.0248. The third kappa shape index (κ3) is 2.86. The van der Waals surface area contributed by atoms with E-state index in [0.717, 1.165) is 4.90 Å². The normalized spacial score (nSPS) is 14.1. The number of hydrogen-bond acceptors (Lipinski definition) is 6. The van der Waals surface area contributed by atoms with Crippen LogP contribution in [0.3, 0.4) is 0 Å². The number of imide groups is 1. The molecule has 4 N–H and O–H groups in total. The van der Waals surface area contributed by atoms with Crippen molar-refractivity contribution in [2.24, 2.45) is 0 Å². The molecule has 1 aliphatic rings. The van der Waals surface area contributed by atoms with Crippen LogP contribution < -0.4 is 11.2 Å². The monoisotopic (exact) mass is 292 g/mol. The molecule has 0 saturated carbocycles. The summed E-state index contributed by atoms with van der Waals surface area (Å²) in [7, 11) is -1.74. The van der Waals surface area contributed by atoms with Crippen molar-refractivity contribution in [2.45, 2.75) is 32.9 Å². The summed E-state index contributed by atoms with van der Waals surface area (Å²) in [6, 6.07) is 2.83. The molecule has 0 aliphatic carbocycles. The molecular formula is C13H17BN2O5. The quantitative estimate of drug-likeness (QED) is 0.489. The summed E-state index contributed by atoms with van der Waals surface area (Å²) in [5.41, 5.74) is 5.81. The van der Waals surface area contributed by atoms with E-state index in [4.69, 9.17) is 10.5 Å². The molecule has 0 spiro atoms. The second-order valence-electron chi connectivity index (χ2n) is 5.84. The number of fused-ring (bicyclic) bond motifs is 1. The van der Waals surface area contributed by atoms with Gasteiger partial charge in [0.25, 0.3) is 5.91 Å². The first-order valence-electron chi connectivity index (χ1n) is 6.44. The molecule has 8 heteroatoms. The molecule has 21 heavy (non-hydrogen) atoms. The first-order chi connectivity index (χ1) is 9.61. The van der Waals surface area contributed by atoms with Gasteiger partial charge in [0.15, 0.2) is 0 Å². The lowest BCUT2D eigenvalue weighted by atomic mass is 9.76. The number of benzene rings is 1. The number of hydrogen-bond donors (Lipinski definition) is 3. The molecule has 112 valence electrons. The first kappa shape index (κ1) is 15.3. The summed E-state index contributed by atoms with van der Waals surface area (Å²) in [6.45, 7) is 4.97.